The monoisotopic (exact) mass is 239 g/mol. The molecule has 1 aliphatic heterocycles. The van der Waals surface area contributed by atoms with E-state index >= 15 is 0 Å². The van der Waals surface area contributed by atoms with E-state index in [1.807, 2.05) is 16.8 Å². The Bertz CT molecular complexity index is 415. The minimum absolute atomic E-state index is 0.102. The van der Waals surface area contributed by atoms with Gasteiger partial charge in [-0.05, 0) is 35.7 Å². The SMILES string of the molecule is CC1(C(=O)O)CCN1C(=O)Cc1ccsc1. The largest absolute Gasteiger partial charge is 0.480 e. The number of nitrogens with zero attached hydrogens (tertiary/aromatic N) is 1. The van der Waals surface area contributed by atoms with Gasteiger partial charge in [-0.25, -0.2) is 4.79 Å². The first-order chi connectivity index (χ1) is 7.54. The Hall–Kier alpha value is -1.36. The maximum atomic E-state index is 11.9. The zero-order chi connectivity index (χ0) is 11.8. The molecule has 86 valence electrons. The maximum absolute atomic E-state index is 11.9. The van der Waals surface area contributed by atoms with Crippen LogP contribution >= 0.6 is 11.3 Å². The molecule has 4 nitrogen and oxygen atoms in total. The van der Waals surface area contributed by atoms with Gasteiger partial charge in [-0.3, -0.25) is 4.79 Å². The van der Waals surface area contributed by atoms with Crippen molar-refractivity contribution in [2.75, 3.05) is 6.54 Å². The van der Waals surface area contributed by atoms with Gasteiger partial charge in [-0.1, -0.05) is 0 Å². The first-order valence-corrected chi connectivity index (χ1v) is 6.03. The molecule has 0 aliphatic carbocycles. The molecular formula is C11H13NO3S. The van der Waals surface area contributed by atoms with E-state index in [4.69, 9.17) is 5.11 Å². The highest BCUT2D eigenvalue weighted by Gasteiger charge is 2.49. The Morgan fingerprint density at radius 1 is 1.62 bits per heavy atom. The first-order valence-electron chi connectivity index (χ1n) is 5.09. The van der Waals surface area contributed by atoms with Crippen LogP contribution in [0.1, 0.15) is 18.9 Å². The van der Waals surface area contributed by atoms with E-state index in [-0.39, 0.29) is 5.91 Å². The van der Waals surface area contributed by atoms with Gasteiger partial charge in [-0.15, -0.1) is 0 Å². The van der Waals surface area contributed by atoms with Crippen LogP contribution in [0.25, 0.3) is 0 Å². The van der Waals surface area contributed by atoms with E-state index in [1.54, 1.807) is 6.92 Å². The fraction of sp³-hybridized carbons (Fsp3) is 0.455. The van der Waals surface area contributed by atoms with Crippen LogP contribution in [0.3, 0.4) is 0 Å². The van der Waals surface area contributed by atoms with Crippen molar-refractivity contribution in [1.29, 1.82) is 0 Å². The highest BCUT2D eigenvalue weighted by molar-refractivity contribution is 7.07. The lowest BCUT2D eigenvalue weighted by atomic mass is 9.86. The molecule has 0 spiro atoms. The second-order valence-corrected chi connectivity index (χ2v) is 4.96. The Balaban J connectivity index is 2.04. The second kappa shape index (κ2) is 3.90. The van der Waals surface area contributed by atoms with E-state index in [0.717, 1.165) is 5.56 Å². The number of hydrogen-bond donors (Lipinski definition) is 1. The van der Waals surface area contributed by atoms with Gasteiger partial charge in [0, 0.05) is 6.54 Å². The molecule has 0 radical (unpaired) electrons. The average molecular weight is 239 g/mol. The number of carboxylic acids is 1. The van der Waals surface area contributed by atoms with Crippen molar-refractivity contribution in [3.05, 3.63) is 22.4 Å². The Kier molecular flexibility index (Phi) is 2.71. The van der Waals surface area contributed by atoms with Crippen LogP contribution in [0.15, 0.2) is 16.8 Å². The predicted molar refractivity (Wildman–Crippen MR) is 60.4 cm³/mol. The third-order valence-corrected chi connectivity index (χ3v) is 3.85. The van der Waals surface area contributed by atoms with Crippen molar-refractivity contribution < 1.29 is 14.7 Å². The highest BCUT2D eigenvalue weighted by atomic mass is 32.1. The third-order valence-electron chi connectivity index (χ3n) is 3.12. The van der Waals surface area contributed by atoms with Crippen LogP contribution in [0.5, 0.6) is 0 Å². The van der Waals surface area contributed by atoms with Gasteiger partial charge in [-0.2, -0.15) is 11.3 Å². The Morgan fingerprint density at radius 2 is 2.38 bits per heavy atom. The summed E-state index contributed by atoms with van der Waals surface area (Å²) < 4.78 is 0. The molecule has 1 aromatic rings. The van der Waals surface area contributed by atoms with E-state index in [2.05, 4.69) is 0 Å². The quantitative estimate of drug-likeness (QED) is 0.866. The van der Waals surface area contributed by atoms with Gasteiger partial charge in [0.15, 0.2) is 0 Å². The summed E-state index contributed by atoms with van der Waals surface area (Å²) in [5, 5.41) is 12.9. The van der Waals surface area contributed by atoms with Gasteiger partial charge in [0.1, 0.15) is 5.54 Å². The zero-order valence-electron chi connectivity index (χ0n) is 8.97. The normalized spacial score (nSPS) is 23.9. The molecular weight excluding hydrogens is 226 g/mol. The van der Waals surface area contributed by atoms with Crippen molar-refractivity contribution in [3.8, 4) is 0 Å². The third kappa shape index (κ3) is 1.71. The lowest BCUT2D eigenvalue weighted by molar-refractivity contribution is -0.168. The number of likely N-dealkylation sites (tertiary alicyclic amines) is 1. The number of rotatable bonds is 3. The summed E-state index contributed by atoms with van der Waals surface area (Å²) >= 11 is 1.54. The van der Waals surface area contributed by atoms with Crippen LogP contribution in [0, 0.1) is 0 Å². The molecule has 1 N–H and O–H groups in total. The number of thiophene rings is 1. The summed E-state index contributed by atoms with van der Waals surface area (Å²) in [5.74, 6) is -1.02. The summed E-state index contributed by atoms with van der Waals surface area (Å²) in [6, 6.07) is 1.89. The number of aliphatic carboxylic acids is 1. The molecule has 0 saturated carbocycles. The van der Waals surface area contributed by atoms with Crippen LogP contribution in [0.4, 0.5) is 0 Å². The van der Waals surface area contributed by atoms with E-state index < -0.39 is 11.5 Å². The van der Waals surface area contributed by atoms with Crippen molar-refractivity contribution in [2.45, 2.75) is 25.3 Å². The molecule has 1 unspecified atom stereocenters. The second-order valence-electron chi connectivity index (χ2n) is 4.18. The zero-order valence-corrected chi connectivity index (χ0v) is 9.79. The molecule has 1 saturated heterocycles. The summed E-state index contributed by atoms with van der Waals surface area (Å²) in [5.41, 5.74) is -0.0396. The van der Waals surface area contributed by atoms with Crippen LogP contribution in [0.2, 0.25) is 0 Å². The summed E-state index contributed by atoms with van der Waals surface area (Å²) in [6.07, 6.45) is 0.837. The Morgan fingerprint density at radius 3 is 2.81 bits per heavy atom. The average Bonchev–Trinajstić information content (AvgIpc) is 2.67. The molecule has 16 heavy (non-hydrogen) atoms. The topological polar surface area (TPSA) is 57.6 Å². The molecule has 2 heterocycles. The van der Waals surface area contributed by atoms with Gasteiger partial charge in [0.05, 0.1) is 6.42 Å². The standard InChI is InChI=1S/C11H13NO3S/c1-11(10(14)15)3-4-12(11)9(13)6-8-2-5-16-7-8/h2,5,7H,3-4,6H2,1H3,(H,14,15). The van der Waals surface area contributed by atoms with Gasteiger partial charge < -0.3 is 10.0 Å². The number of amides is 1. The number of carbonyl (C=O) groups is 2. The van der Waals surface area contributed by atoms with Crippen molar-refractivity contribution in [2.24, 2.45) is 0 Å². The number of carbonyl (C=O) groups excluding carboxylic acids is 1. The van der Waals surface area contributed by atoms with E-state index in [9.17, 15) is 9.59 Å². The molecule has 5 heteroatoms. The molecule has 0 bridgehead atoms. The molecule has 1 fully saturated rings. The minimum atomic E-state index is -0.993. The van der Waals surface area contributed by atoms with Crippen molar-refractivity contribution >= 4 is 23.2 Å². The molecule has 2 rings (SSSR count). The summed E-state index contributed by atoms with van der Waals surface area (Å²) in [7, 11) is 0. The van der Waals surface area contributed by atoms with Crippen LogP contribution in [-0.4, -0.2) is 34.0 Å². The van der Waals surface area contributed by atoms with Crippen molar-refractivity contribution in [3.63, 3.8) is 0 Å². The summed E-state index contributed by atoms with van der Waals surface area (Å²) in [4.78, 5) is 24.4. The molecule has 1 aromatic heterocycles. The van der Waals surface area contributed by atoms with E-state index in [1.165, 1.54) is 16.2 Å². The van der Waals surface area contributed by atoms with Crippen LogP contribution < -0.4 is 0 Å². The highest BCUT2D eigenvalue weighted by Crippen LogP contribution is 2.31. The maximum Gasteiger partial charge on any atom is 0.329 e. The molecule has 1 aliphatic rings. The predicted octanol–water partition coefficient (Wildman–Crippen LogP) is 1.37. The lowest BCUT2D eigenvalue weighted by Gasteiger charge is -2.47. The van der Waals surface area contributed by atoms with Crippen LogP contribution in [-0.2, 0) is 16.0 Å². The van der Waals surface area contributed by atoms with Gasteiger partial charge in [0.25, 0.3) is 0 Å². The molecule has 1 amide bonds. The van der Waals surface area contributed by atoms with Gasteiger partial charge >= 0.3 is 5.97 Å². The summed E-state index contributed by atoms with van der Waals surface area (Å²) in [6.45, 7) is 2.15. The Labute approximate surface area is 97.5 Å². The van der Waals surface area contributed by atoms with Crippen molar-refractivity contribution in [1.82, 2.24) is 4.90 Å². The smallest absolute Gasteiger partial charge is 0.329 e. The fourth-order valence-electron chi connectivity index (χ4n) is 1.84. The lowest BCUT2D eigenvalue weighted by Crippen LogP contribution is -2.64. The molecule has 1 atom stereocenters. The molecule has 0 aromatic carbocycles. The minimum Gasteiger partial charge on any atom is -0.480 e. The van der Waals surface area contributed by atoms with Gasteiger partial charge in [0.2, 0.25) is 5.91 Å². The van der Waals surface area contributed by atoms with E-state index in [0.29, 0.717) is 19.4 Å². The fourth-order valence-corrected chi connectivity index (χ4v) is 2.51. The first kappa shape index (κ1) is 11.1. The number of carboxylic acid groups (broad SMARTS) is 1. The number of hydrogen-bond acceptors (Lipinski definition) is 3.